The summed E-state index contributed by atoms with van der Waals surface area (Å²) >= 11 is 0. The van der Waals surface area contributed by atoms with Crippen molar-refractivity contribution in [1.82, 2.24) is 0 Å². The molecule has 1 fully saturated rings. The van der Waals surface area contributed by atoms with Crippen LogP contribution in [0.4, 0.5) is 0 Å². The van der Waals surface area contributed by atoms with E-state index < -0.39 is 17.8 Å². The zero-order chi connectivity index (χ0) is 22.6. The average molecular weight is 459 g/mol. The van der Waals surface area contributed by atoms with Crippen LogP contribution in [0.2, 0.25) is 0 Å². The van der Waals surface area contributed by atoms with Crippen LogP contribution in [0.3, 0.4) is 0 Å². The van der Waals surface area contributed by atoms with Crippen molar-refractivity contribution >= 4 is 11.9 Å². The van der Waals surface area contributed by atoms with Gasteiger partial charge in [-0.05, 0) is 39.0 Å². The number of allylic oxidation sites excluding steroid dienone is 2. The molecular weight excluding hydrogens is 411 g/mol. The Morgan fingerprint density at radius 1 is 0.750 bits per heavy atom. The number of hydrogen-bond acceptors (Lipinski definition) is 4. The normalized spacial score (nSPS) is 18.4. The molecule has 5 heteroatoms. The van der Waals surface area contributed by atoms with Crippen LogP contribution in [0.25, 0.3) is 0 Å². The van der Waals surface area contributed by atoms with Gasteiger partial charge in [-0.25, -0.2) is 0 Å². The van der Waals surface area contributed by atoms with Crippen LogP contribution in [-0.2, 0) is 14.3 Å². The Morgan fingerprint density at radius 3 is 1.66 bits per heavy atom. The first kappa shape index (κ1) is 31.7. The Hall–Kier alpha value is -0.320. The smallest absolute Gasteiger partial charge is 0.550 e. The zero-order valence-electron chi connectivity index (χ0n) is 21.1. The summed E-state index contributed by atoms with van der Waals surface area (Å²) in [6.07, 6.45) is 26.7. The molecule has 4 nitrogen and oxygen atoms in total. The zero-order valence-corrected chi connectivity index (χ0v) is 23.1. The Kier molecular flexibility index (Phi) is 22.2. The van der Waals surface area contributed by atoms with Crippen LogP contribution in [0.5, 0.6) is 0 Å². The van der Waals surface area contributed by atoms with E-state index in [1.807, 2.05) is 0 Å². The number of carboxylic acids is 1. The first-order valence-corrected chi connectivity index (χ1v) is 13.2. The molecule has 0 heterocycles. The standard InChI is InChI=1S/C27H48O4.Na/c1-2-3-4-5-6-7-8-9-10-11-12-13-14-15-16-17-20-23-31-27(30)25-22-19-18-21-24(25)26(28)29;/h2-3,24-25H,4-23H2,1H3,(H,28,29);/q;+1/p-1/b3-2+;. The largest absolute Gasteiger partial charge is 1.00 e. The van der Waals surface area contributed by atoms with E-state index in [1.165, 1.54) is 83.5 Å². The van der Waals surface area contributed by atoms with Crippen molar-refractivity contribution in [2.45, 2.75) is 129 Å². The molecule has 0 aromatic rings. The molecular formula is C27H47NaO4. The monoisotopic (exact) mass is 458 g/mol. The van der Waals surface area contributed by atoms with Gasteiger partial charge in [-0.3, -0.25) is 4.79 Å². The topological polar surface area (TPSA) is 66.4 Å². The Bertz CT molecular complexity index is 492. The maximum absolute atomic E-state index is 12.2. The fourth-order valence-electron chi connectivity index (χ4n) is 4.63. The fraction of sp³-hybridized carbons (Fsp3) is 0.852. The molecule has 0 saturated heterocycles. The van der Waals surface area contributed by atoms with Crippen molar-refractivity contribution in [2.75, 3.05) is 6.61 Å². The van der Waals surface area contributed by atoms with E-state index in [2.05, 4.69) is 19.1 Å². The van der Waals surface area contributed by atoms with Gasteiger partial charge in [0.2, 0.25) is 0 Å². The van der Waals surface area contributed by atoms with Crippen LogP contribution < -0.4 is 34.7 Å². The predicted octanol–water partition coefficient (Wildman–Crippen LogP) is 3.52. The molecule has 1 aliphatic rings. The molecule has 0 spiro atoms. The quantitative estimate of drug-likeness (QED) is 0.129. The predicted molar refractivity (Wildman–Crippen MR) is 125 cm³/mol. The third kappa shape index (κ3) is 16.3. The van der Waals surface area contributed by atoms with Crippen LogP contribution in [0, 0.1) is 11.8 Å². The minimum absolute atomic E-state index is 0. The molecule has 0 aliphatic heterocycles. The number of esters is 1. The third-order valence-corrected chi connectivity index (χ3v) is 6.62. The molecule has 1 rings (SSSR count). The van der Waals surface area contributed by atoms with Gasteiger partial charge in [0.1, 0.15) is 0 Å². The molecule has 0 N–H and O–H groups in total. The van der Waals surface area contributed by atoms with Crippen molar-refractivity contribution in [1.29, 1.82) is 0 Å². The summed E-state index contributed by atoms with van der Waals surface area (Å²) in [6.45, 7) is 2.51. The summed E-state index contributed by atoms with van der Waals surface area (Å²) in [5, 5.41) is 11.2. The van der Waals surface area contributed by atoms with E-state index in [0.29, 0.717) is 19.4 Å². The molecule has 0 radical (unpaired) electrons. The van der Waals surface area contributed by atoms with E-state index in [1.54, 1.807) is 0 Å². The fourth-order valence-corrected chi connectivity index (χ4v) is 4.63. The van der Waals surface area contributed by atoms with Gasteiger partial charge in [0.25, 0.3) is 0 Å². The van der Waals surface area contributed by atoms with Gasteiger partial charge in [0.05, 0.1) is 12.5 Å². The maximum atomic E-state index is 12.2. The molecule has 0 aromatic heterocycles. The number of aliphatic carboxylic acids is 1. The first-order valence-electron chi connectivity index (χ1n) is 13.2. The molecule has 1 aliphatic carbocycles. The average Bonchev–Trinajstić information content (AvgIpc) is 2.78. The Labute approximate surface area is 219 Å². The van der Waals surface area contributed by atoms with Crippen molar-refractivity contribution in [3.8, 4) is 0 Å². The van der Waals surface area contributed by atoms with Crippen LogP contribution in [-0.4, -0.2) is 18.5 Å². The van der Waals surface area contributed by atoms with E-state index in [0.717, 1.165) is 25.7 Å². The summed E-state index contributed by atoms with van der Waals surface area (Å²) in [5.41, 5.74) is 0. The molecule has 1 saturated carbocycles. The van der Waals surface area contributed by atoms with Gasteiger partial charge in [0, 0.05) is 11.9 Å². The van der Waals surface area contributed by atoms with Gasteiger partial charge in [-0.1, -0.05) is 102 Å². The first-order chi connectivity index (χ1) is 15.2. The van der Waals surface area contributed by atoms with Gasteiger partial charge in [0.15, 0.2) is 0 Å². The number of hydrogen-bond donors (Lipinski definition) is 0. The van der Waals surface area contributed by atoms with Crippen molar-refractivity contribution in [3.63, 3.8) is 0 Å². The number of rotatable bonds is 19. The summed E-state index contributed by atoms with van der Waals surface area (Å²) in [7, 11) is 0. The van der Waals surface area contributed by atoms with Gasteiger partial charge >= 0.3 is 35.5 Å². The van der Waals surface area contributed by atoms with Crippen LogP contribution in [0.1, 0.15) is 129 Å². The second-order valence-corrected chi connectivity index (χ2v) is 9.29. The number of ether oxygens (including phenoxy) is 1. The Morgan fingerprint density at radius 2 is 1.19 bits per heavy atom. The summed E-state index contributed by atoms with van der Waals surface area (Å²) in [5.74, 6) is -2.59. The van der Waals surface area contributed by atoms with Gasteiger partial charge in [-0.15, -0.1) is 0 Å². The van der Waals surface area contributed by atoms with Crippen molar-refractivity contribution in [3.05, 3.63) is 12.2 Å². The number of carbonyl (C=O) groups is 2. The molecule has 2 unspecified atom stereocenters. The molecule has 0 amide bonds. The summed E-state index contributed by atoms with van der Waals surface area (Å²) in [6, 6.07) is 0. The summed E-state index contributed by atoms with van der Waals surface area (Å²) in [4.78, 5) is 23.4. The number of unbranched alkanes of at least 4 members (excludes halogenated alkanes) is 14. The second kappa shape index (κ2) is 22.5. The maximum Gasteiger partial charge on any atom is 1.00 e. The van der Waals surface area contributed by atoms with Gasteiger partial charge < -0.3 is 14.6 Å². The number of carbonyl (C=O) groups excluding carboxylic acids is 2. The van der Waals surface area contributed by atoms with E-state index in [9.17, 15) is 14.7 Å². The van der Waals surface area contributed by atoms with Gasteiger partial charge in [-0.2, -0.15) is 0 Å². The summed E-state index contributed by atoms with van der Waals surface area (Å²) < 4.78 is 5.35. The molecule has 0 bridgehead atoms. The van der Waals surface area contributed by atoms with E-state index in [4.69, 9.17) is 4.74 Å². The van der Waals surface area contributed by atoms with Crippen LogP contribution >= 0.6 is 0 Å². The number of carboxylic acid groups (broad SMARTS) is 1. The van der Waals surface area contributed by atoms with E-state index in [-0.39, 0.29) is 35.5 Å². The van der Waals surface area contributed by atoms with Crippen molar-refractivity contribution in [2.24, 2.45) is 11.8 Å². The Balaban J connectivity index is 0.00000961. The SMILES string of the molecule is C/C=C/CCCCCCCCCCCCCCCCOC(=O)C1CCCCC1C(=O)[O-].[Na+]. The minimum Gasteiger partial charge on any atom is -0.550 e. The molecule has 0 aromatic carbocycles. The molecule has 32 heavy (non-hydrogen) atoms. The second-order valence-electron chi connectivity index (χ2n) is 9.29. The molecule has 180 valence electrons. The third-order valence-electron chi connectivity index (χ3n) is 6.62. The van der Waals surface area contributed by atoms with Crippen LogP contribution in [0.15, 0.2) is 12.2 Å². The van der Waals surface area contributed by atoms with E-state index >= 15 is 0 Å². The van der Waals surface area contributed by atoms with Crippen molar-refractivity contribution < 1.29 is 49.0 Å². The molecule has 2 atom stereocenters. The minimum atomic E-state index is -1.10.